The number of fused-ring (bicyclic) bond motifs is 2. The molecule has 232 valence electrons. The number of aliphatic hydroxyl groups is 1. The molecule has 3 aliphatic heterocycles. The quantitative estimate of drug-likeness (QED) is 0.326. The summed E-state index contributed by atoms with van der Waals surface area (Å²) in [5.41, 5.74) is 6.44. The molecule has 0 spiro atoms. The molecule has 5 atom stereocenters. The summed E-state index contributed by atoms with van der Waals surface area (Å²) in [5.74, 6) is 0.215. The van der Waals surface area contributed by atoms with E-state index in [0.29, 0.717) is 19.4 Å². The van der Waals surface area contributed by atoms with E-state index in [-0.39, 0.29) is 54.6 Å². The summed E-state index contributed by atoms with van der Waals surface area (Å²) in [4.78, 5) is 41.5. The van der Waals surface area contributed by atoms with Crippen LogP contribution in [0.4, 0.5) is 11.4 Å². The Morgan fingerprint density at radius 2 is 1.61 bits per heavy atom. The summed E-state index contributed by atoms with van der Waals surface area (Å²) >= 11 is 0. The van der Waals surface area contributed by atoms with E-state index < -0.39 is 8.32 Å². The number of para-hydroxylation sites is 1. The van der Waals surface area contributed by atoms with Crippen molar-refractivity contribution in [2.75, 3.05) is 11.5 Å². The molecule has 6 rings (SSSR count). The molecule has 0 aromatic heterocycles. The van der Waals surface area contributed by atoms with Crippen LogP contribution < -0.4 is 4.90 Å². The lowest BCUT2D eigenvalue weighted by atomic mass is 9.93. The van der Waals surface area contributed by atoms with Crippen molar-refractivity contribution >= 4 is 31.5 Å². The molecule has 3 aromatic carbocycles. The summed E-state index contributed by atoms with van der Waals surface area (Å²) in [6, 6.07) is 24.2. The van der Waals surface area contributed by atoms with Gasteiger partial charge in [-0.1, -0.05) is 61.5 Å². The van der Waals surface area contributed by atoms with Crippen LogP contribution in [-0.4, -0.2) is 59.8 Å². The molecule has 0 saturated carbocycles. The number of rotatable bonds is 8. The molecular formula is C36H44N2O5Si. The number of anilines is 2. The number of hydrogen-bond donors (Lipinski definition) is 2. The zero-order valence-electron chi connectivity index (χ0n) is 26.0. The molecule has 0 unspecified atom stereocenters. The fourth-order valence-corrected chi connectivity index (χ4v) is 10.4. The van der Waals surface area contributed by atoms with E-state index in [9.17, 15) is 19.5 Å². The minimum Gasteiger partial charge on any atom is -0.432 e. The Hall–Kier alpha value is -3.30. The monoisotopic (exact) mass is 612 g/mol. The molecule has 0 aliphatic carbocycles. The van der Waals surface area contributed by atoms with Crippen molar-refractivity contribution in [3.8, 4) is 0 Å². The van der Waals surface area contributed by atoms with Crippen LogP contribution in [0.3, 0.4) is 0 Å². The van der Waals surface area contributed by atoms with Crippen LogP contribution in [0.5, 0.6) is 0 Å². The normalized spacial score (nSPS) is 25.1. The molecule has 0 radical (unpaired) electrons. The van der Waals surface area contributed by atoms with Gasteiger partial charge in [-0.15, -0.1) is 0 Å². The number of benzene rings is 3. The highest BCUT2D eigenvalue weighted by molar-refractivity contribution is 6.71. The van der Waals surface area contributed by atoms with Crippen molar-refractivity contribution in [1.29, 1.82) is 0 Å². The molecule has 44 heavy (non-hydrogen) atoms. The molecule has 3 aromatic rings. The first-order chi connectivity index (χ1) is 21.1. The van der Waals surface area contributed by atoms with E-state index in [4.69, 9.17) is 4.74 Å². The minimum absolute atomic E-state index is 0.0240. The van der Waals surface area contributed by atoms with Gasteiger partial charge in [-0.2, -0.15) is 0 Å². The summed E-state index contributed by atoms with van der Waals surface area (Å²) in [6.07, 6.45) is 3.31. The van der Waals surface area contributed by atoms with E-state index in [1.807, 2.05) is 60.5 Å². The first-order valence-corrected chi connectivity index (χ1v) is 19.0. The van der Waals surface area contributed by atoms with Gasteiger partial charge in [0.2, 0.25) is 11.8 Å². The van der Waals surface area contributed by atoms with Crippen LogP contribution in [0, 0.1) is 5.92 Å². The molecule has 3 heterocycles. The molecule has 7 nitrogen and oxygen atoms in total. The van der Waals surface area contributed by atoms with Gasteiger partial charge in [0.1, 0.15) is 0 Å². The highest BCUT2D eigenvalue weighted by Gasteiger charge is 2.50. The van der Waals surface area contributed by atoms with Gasteiger partial charge in [-0.05, 0) is 85.1 Å². The van der Waals surface area contributed by atoms with Gasteiger partial charge in [0.25, 0.3) is 0 Å². The van der Waals surface area contributed by atoms with Crippen molar-refractivity contribution < 1.29 is 24.2 Å². The SMILES string of the molecule is C[C@@H]1[C@@H]([Si](C)(C)O)[C@H](CC(=O)N2Cc3ccccc3C[C@H]2CO)O[C@@H]1CCc1ccc(N2C(=O)CCc3ccccc32)cc1. The smallest absolute Gasteiger partial charge is 0.231 e. The van der Waals surface area contributed by atoms with E-state index in [1.54, 1.807) is 4.90 Å². The Balaban J connectivity index is 1.12. The van der Waals surface area contributed by atoms with Crippen LogP contribution in [0.1, 0.15) is 48.4 Å². The molecular weight excluding hydrogens is 568 g/mol. The molecule has 1 fully saturated rings. The number of aryl methyl sites for hydroxylation is 2. The maximum Gasteiger partial charge on any atom is 0.231 e. The fourth-order valence-electron chi connectivity index (χ4n) is 7.77. The minimum atomic E-state index is -2.64. The first kappa shape index (κ1) is 30.7. The van der Waals surface area contributed by atoms with Crippen molar-refractivity contribution in [2.24, 2.45) is 5.92 Å². The lowest BCUT2D eigenvalue weighted by molar-refractivity contribution is -0.138. The first-order valence-electron chi connectivity index (χ1n) is 16.0. The van der Waals surface area contributed by atoms with Crippen molar-refractivity contribution in [2.45, 2.75) is 88.9 Å². The molecule has 8 heteroatoms. The number of carbonyl (C=O) groups is 2. The van der Waals surface area contributed by atoms with Gasteiger partial charge >= 0.3 is 0 Å². The number of hydrogen-bond acceptors (Lipinski definition) is 5. The van der Waals surface area contributed by atoms with Crippen LogP contribution >= 0.6 is 0 Å². The Kier molecular flexibility index (Phi) is 8.79. The standard InChI is InChI=1S/C36H44N2O5Si/c1-24-32(18-14-25-12-16-29(17-13-25)38-31-11-7-6-8-26(31)15-19-34(38)40)43-33(36(24)44(2,3)42)21-35(41)37-22-28-10-5-4-9-27(28)20-30(37)23-39/h4-13,16-17,24,30,32-33,36,39,42H,14-15,18-23H2,1-3H3/t24-,30-,32+,33-,36+/m0/s1. The van der Waals surface area contributed by atoms with Gasteiger partial charge in [-0.3, -0.25) is 14.5 Å². The van der Waals surface area contributed by atoms with Gasteiger partial charge < -0.3 is 19.5 Å². The number of ether oxygens (including phenoxy) is 1. The maximum atomic E-state index is 13.7. The molecule has 1 saturated heterocycles. The second kappa shape index (κ2) is 12.6. The summed E-state index contributed by atoms with van der Waals surface area (Å²) in [5, 5.41) is 10.1. The third kappa shape index (κ3) is 6.13. The average Bonchev–Trinajstić information content (AvgIpc) is 3.34. The van der Waals surface area contributed by atoms with Crippen molar-refractivity contribution in [3.63, 3.8) is 0 Å². The van der Waals surface area contributed by atoms with Crippen LogP contribution in [0.2, 0.25) is 18.6 Å². The van der Waals surface area contributed by atoms with E-state index in [2.05, 4.69) is 37.3 Å². The Morgan fingerprint density at radius 3 is 2.32 bits per heavy atom. The average molecular weight is 613 g/mol. The number of amides is 2. The lowest BCUT2D eigenvalue weighted by Gasteiger charge is -2.37. The predicted octanol–water partition coefficient (Wildman–Crippen LogP) is 5.54. The van der Waals surface area contributed by atoms with Crippen LogP contribution in [0.15, 0.2) is 72.8 Å². The molecule has 0 bridgehead atoms. The number of carbonyl (C=O) groups excluding carboxylic acids is 2. The third-order valence-corrected chi connectivity index (χ3v) is 12.5. The number of nitrogens with zero attached hydrogens (tertiary/aromatic N) is 2. The van der Waals surface area contributed by atoms with Gasteiger partial charge in [-0.25, -0.2) is 0 Å². The highest BCUT2D eigenvalue weighted by Crippen LogP contribution is 2.46. The summed E-state index contributed by atoms with van der Waals surface area (Å²) in [6.45, 7) is 6.46. The van der Waals surface area contributed by atoms with E-state index >= 15 is 0 Å². The zero-order valence-corrected chi connectivity index (χ0v) is 27.0. The Labute approximate surface area is 261 Å². The largest absolute Gasteiger partial charge is 0.432 e. The Bertz CT molecular complexity index is 1500. The van der Waals surface area contributed by atoms with Gasteiger partial charge in [0, 0.05) is 24.2 Å². The van der Waals surface area contributed by atoms with Crippen molar-refractivity contribution in [3.05, 3.63) is 95.1 Å². The van der Waals surface area contributed by atoms with Crippen LogP contribution in [-0.2, 0) is 40.1 Å². The third-order valence-electron chi connectivity index (χ3n) is 9.98. The second-order valence-corrected chi connectivity index (χ2v) is 17.3. The summed E-state index contributed by atoms with van der Waals surface area (Å²) in [7, 11) is -2.64. The summed E-state index contributed by atoms with van der Waals surface area (Å²) < 4.78 is 6.62. The maximum absolute atomic E-state index is 13.7. The fraction of sp³-hybridized carbons (Fsp3) is 0.444. The van der Waals surface area contributed by atoms with Gasteiger partial charge in [0.15, 0.2) is 8.32 Å². The molecule has 2 amide bonds. The Morgan fingerprint density at radius 1 is 0.932 bits per heavy atom. The second-order valence-electron chi connectivity index (χ2n) is 13.3. The highest BCUT2D eigenvalue weighted by atomic mass is 28.4. The topological polar surface area (TPSA) is 90.3 Å². The van der Waals surface area contributed by atoms with Crippen LogP contribution in [0.25, 0.3) is 0 Å². The van der Waals surface area contributed by atoms with E-state index in [0.717, 1.165) is 41.8 Å². The van der Waals surface area contributed by atoms with E-state index in [1.165, 1.54) is 11.1 Å². The predicted molar refractivity (Wildman–Crippen MR) is 174 cm³/mol. The molecule has 2 N–H and O–H groups in total. The van der Waals surface area contributed by atoms with Gasteiger partial charge in [0.05, 0.1) is 37.0 Å². The molecule has 3 aliphatic rings. The van der Waals surface area contributed by atoms with Crippen molar-refractivity contribution in [1.82, 2.24) is 4.90 Å². The lowest BCUT2D eigenvalue weighted by Crippen LogP contribution is -2.48. The zero-order chi connectivity index (χ0) is 31.0. The number of aliphatic hydroxyl groups excluding tert-OH is 1.